The number of rotatable bonds is 2. The minimum absolute atomic E-state index is 0.242. The first-order chi connectivity index (χ1) is 6.29. The minimum Gasteiger partial charge on any atom is -0.329 e. The number of nitrogens with zero attached hydrogens (tertiary/aromatic N) is 1. The van der Waals surface area contributed by atoms with Gasteiger partial charge >= 0.3 is 0 Å². The van der Waals surface area contributed by atoms with Crippen LogP contribution in [0, 0.1) is 0 Å². The summed E-state index contributed by atoms with van der Waals surface area (Å²) in [7, 11) is 2.05. The Morgan fingerprint density at radius 1 is 1.54 bits per heavy atom. The van der Waals surface area contributed by atoms with Crippen LogP contribution in [0.5, 0.6) is 0 Å². The maximum absolute atomic E-state index is 5.85. The number of likely N-dealkylation sites (N-methyl/N-ethyl adjacent to an activating group) is 1. The largest absolute Gasteiger partial charge is 0.329 e. The van der Waals surface area contributed by atoms with Crippen molar-refractivity contribution in [3.8, 4) is 0 Å². The van der Waals surface area contributed by atoms with Gasteiger partial charge in [0.1, 0.15) is 0 Å². The number of hydrogen-bond acceptors (Lipinski definition) is 3. The Kier molecular flexibility index (Phi) is 2.58. The second-order valence-corrected chi connectivity index (χ2v) is 4.52. The summed E-state index contributed by atoms with van der Waals surface area (Å²) in [6, 6.07) is 0.810. The van der Waals surface area contributed by atoms with Crippen molar-refractivity contribution < 1.29 is 0 Å². The molecule has 2 saturated heterocycles. The van der Waals surface area contributed by atoms with Crippen molar-refractivity contribution >= 4 is 0 Å². The summed E-state index contributed by atoms with van der Waals surface area (Å²) < 4.78 is 0. The van der Waals surface area contributed by atoms with E-state index in [2.05, 4.69) is 17.3 Å². The van der Waals surface area contributed by atoms with Crippen LogP contribution in [0.3, 0.4) is 0 Å². The maximum atomic E-state index is 5.85. The predicted molar refractivity (Wildman–Crippen MR) is 54.7 cm³/mol. The van der Waals surface area contributed by atoms with E-state index in [-0.39, 0.29) is 5.54 Å². The molecule has 0 aliphatic carbocycles. The van der Waals surface area contributed by atoms with Crippen LogP contribution >= 0.6 is 0 Å². The Morgan fingerprint density at radius 2 is 2.38 bits per heavy atom. The summed E-state index contributed by atoms with van der Waals surface area (Å²) in [5.41, 5.74) is 6.09. The average Bonchev–Trinajstić information content (AvgIpc) is 2.64. The van der Waals surface area contributed by atoms with E-state index in [0.29, 0.717) is 0 Å². The zero-order valence-electron chi connectivity index (χ0n) is 8.55. The van der Waals surface area contributed by atoms with Gasteiger partial charge in [0.05, 0.1) is 0 Å². The molecular weight excluding hydrogens is 162 g/mol. The molecule has 0 bridgehead atoms. The summed E-state index contributed by atoms with van der Waals surface area (Å²) >= 11 is 0. The van der Waals surface area contributed by atoms with E-state index in [1.165, 1.54) is 38.8 Å². The van der Waals surface area contributed by atoms with Crippen LogP contribution in [-0.2, 0) is 0 Å². The van der Waals surface area contributed by atoms with E-state index in [4.69, 9.17) is 5.73 Å². The van der Waals surface area contributed by atoms with Gasteiger partial charge in [0.2, 0.25) is 0 Å². The van der Waals surface area contributed by atoms with Crippen molar-refractivity contribution in [3.63, 3.8) is 0 Å². The molecule has 3 heteroatoms. The van der Waals surface area contributed by atoms with E-state index < -0.39 is 0 Å². The molecule has 2 atom stereocenters. The Bertz CT molecular complexity index is 177. The lowest BCUT2D eigenvalue weighted by molar-refractivity contribution is 0.116. The third kappa shape index (κ3) is 1.60. The van der Waals surface area contributed by atoms with Gasteiger partial charge in [-0.3, -0.25) is 0 Å². The average molecular weight is 183 g/mol. The van der Waals surface area contributed by atoms with Gasteiger partial charge in [-0.25, -0.2) is 0 Å². The molecule has 13 heavy (non-hydrogen) atoms. The van der Waals surface area contributed by atoms with Crippen molar-refractivity contribution in [2.75, 3.05) is 26.7 Å². The lowest BCUT2D eigenvalue weighted by Crippen LogP contribution is -2.58. The first-order valence-electron chi connectivity index (χ1n) is 5.43. The van der Waals surface area contributed by atoms with Crippen molar-refractivity contribution in [3.05, 3.63) is 0 Å². The van der Waals surface area contributed by atoms with Crippen molar-refractivity contribution in [1.82, 2.24) is 10.2 Å². The molecule has 2 aliphatic heterocycles. The zero-order chi connectivity index (χ0) is 9.31. The number of hydrogen-bond donors (Lipinski definition) is 2. The molecule has 2 rings (SSSR count). The summed E-state index contributed by atoms with van der Waals surface area (Å²) in [5.74, 6) is 0. The first-order valence-corrected chi connectivity index (χ1v) is 5.43. The molecule has 0 aromatic carbocycles. The van der Waals surface area contributed by atoms with Gasteiger partial charge in [0.15, 0.2) is 0 Å². The van der Waals surface area contributed by atoms with Gasteiger partial charge in [-0.1, -0.05) is 0 Å². The fraction of sp³-hybridized carbons (Fsp3) is 1.00. The fourth-order valence-corrected chi connectivity index (χ4v) is 2.85. The van der Waals surface area contributed by atoms with E-state index in [0.717, 1.165) is 12.6 Å². The normalized spacial score (nSPS) is 40.6. The van der Waals surface area contributed by atoms with E-state index >= 15 is 0 Å². The summed E-state index contributed by atoms with van der Waals surface area (Å²) in [6.07, 6.45) is 5.23. The van der Waals surface area contributed by atoms with E-state index in [9.17, 15) is 0 Å². The number of fused-ring (bicyclic) bond motifs is 1. The SMILES string of the molecule is CNC1(CN)CCN2CCCC2C1. The molecule has 0 amide bonds. The number of nitrogens with two attached hydrogens (primary N) is 1. The summed E-state index contributed by atoms with van der Waals surface area (Å²) in [5, 5.41) is 3.43. The van der Waals surface area contributed by atoms with Crippen molar-refractivity contribution in [2.24, 2.45) is 5.73 Å². The van der Waals surface area contributed by atoms with Crippen LogP contribution in [0.15, 0.2) is 0 Å². The van der Waals surface area contributed by atoms with Crippen molar-refractivity contribution in [1.29, 1.82) is 0 Å². The highest BCUT2D eigenvalue weighted by molar-refractivity contribution is 4.99. The van der Waals surface area contributed by atoms with Gasteiger partial charge in [0, 0.05) is 24.7 Å². The Labute approximate surface area is 80.7 Å². The van der Waals surface area contributed by atoms with Gasteiger partial charge in [-0.15, -0.1) is 0 Å². The first kappa shape index (κ1) is 9.44. The van der Waals surface area contributed by atoms with Crippen LogP contribution in [0.2, 0.25) is 0 Å². The Balaban J connectivity index is 2.02. The second kappa shape index (κ2) is 3.56. The van der Waals surface area contributed by atoms with Gasteiger partial charge in [0.25, 0.3) is 0 Å². The van der Waals surface area contributed by atoms with Gasteiger partial charge < -0.3 is 16.0 Å². The Morgan fingerprint density at radius 3 is 3.08 bits per heavy atom. The molecule has 0 radical (unpaired) electrons. The summed E-state index contributed by atoms with van der Waals surface area (Å²) in [4.78, 5) is 2.63. The van der Waals surface area contributed by atoms with Crippen LogP contribution in [0.4, 0.5) is 0 Å². The molecule has 0 aromatic rings. The topological polar surface area (TPSA) is 41.3 Å². The predicted octanol–water partition coefficient (Wildman–Crippen LogP) is 0.162. The maximum Gasteiger partial charge on any atom is 0.0328 e. The molecule has 0 aromatic heterocycles. The van der Waals surface area contributed by atoms with Gasteiger partial charge in [-0.2, -0.15) is 0 Å². The standard InChI is InChI=1S/C10H21N3/c1-12-10(8-11)4-6-13-5-2-3-9(13)7-10/h9,12H,2-8,11H2,1H3. The van der Waals surface area contributed by atoms with Crippen LogP contribution < -0.4 is 11.1 Å². The molecule has 2 fully saturated rings. The van der Waals surface area contributed by atoms with E-state index in [1.807, 2.05) is 0 Å². The Hall–Kier alpha value is -0.120. The molecule has 2 unspecified atom stereocenters. The van der Waals surface area contributed by atoms with Crippen LogP contribution in [0.1, 0.15) is 25.7 Å². The lowest BCUT2D eigenvalue weighted by Gasteiger charge is -2.43. The highest BCUT2D eigenvalue weighted by Gasteiger charge is 2.39. The van der Waals surface area contributed by atoms with Crippen molar-refractivity contribution in [2.45, 2.75) is 37.3 Å². The minimum atomic E-state index is 0.242. The third-order valence-electron chi connectivity index (χ3n) is 3.92. The monoisotopic (exact) mass is 183 g/mol. The molecule has 0 spiro atoms. The molecule has 3 N–H and O–H groups in total. The molecule has 2 aliphatic rings. The summed E-state index contributed by atoms with van der Waals surface area (Å²) in [6.45, 7) is 3.34. The smallest absolute Gasteiger partial charge is 0.0328 e. The van der Waals surface area contributed by atoms with Crippen LogP contribution in [-0.4, -0.2) is 43.2 Å². The molecule has 3 nitrogen and oxygen atoms in total. The zero-order valence-corrected chi connectivity index (χ0v) is 8.55. The van der Waals surface area contributed by atoms with Gasteiger partial charge in [-0.05, 0) is 39.3 Å². The van der Waals surface area contributed by atoms with Crippen LogP contribution in [0.25, 0.3) is 0 Å². The molecule has 76 valence electrons. The number of nitrogens with one attached hydrogen (secondary N) is 1. The molecular formula is C10H21N3. The highest BCUT2D eigenvalue weighted by Crippen LogP contribution is 2.32. The second-order valence-electron chi connectivity index (χ2n) is 4.52. The lowest BCUT2D eigenvalue weighted by atomic mass is 9.83. The highest BCUT2D eigenvalue weighted by atomic mass is 15.2. The van der Waals surface area contributed by atoms with E-state index in [1.54, 1.807) is 0 Å². The fourth-order valence-electron chi connectivity index (χ4n) is 2.85. The number of piperidine rings is 1. The third-order valence-corrected chi connectivity index (χ3v) is 3.92. The molecule has 2 heterocycles. The molecule has 0 saturated carbocycles. The quantitative estimate of drug-likeness (QED) is 0.641.